The van der Waals surface area contributed by atoms with Crippen molar-refractivity contribution in [1.29, 1.82) is 0 Å². The number of hydrogen-bond acceptors (Lipinski definition) is 2. The van der Waals surface area contributed by atoms with Gasteiger partial charge in [-0.05, 0) is 6.42 Å². The number of hydrogen-bond donors (Lipinski definition) is 2. The Morgan fingerprint density at radius 1 is 1.88 bits per heavy atom. The van der Waals surface area contributed by atoms with Crippen LogP contribution >= 0.6 is 0 Å². The van der Waals surface area contributed by atoms with E-state index in [1.807, 2.05) is 0 Å². The summed E-state index contributed by atoms with van der Waals surface area (Å²) in [6, 6.07) is -0.729. The first-order valence-corrected chi connectivity index (χ1v) is 2.46. The summed E-state index contributed by atoms with van der Waals surface area (Å²) in [5, 5.41) is 8.16. The lowest BCUT2D eigenvalue weighted by Crippen LogP contribution is -2.29. The van der Waals surface area contributed by atoms with Crippen molar-refractivity contribution in [3.63, 3.8) is 0 Å². The summed E-state index contributed by atoms with van der Waals surface area (Å²) < 4.78 is 0. The third-order valence-electron chi connectivity index (χ3n) is 0.832. The highest BCUT2D eigenvalue weighted by atomic mass is 16.4. The van der Waals surface area contributed by atoms with E-state index in [-0.39, 0.29) is 0 Å². The van der Waals surface area contributed by atoms with Crippen molar-refractivity contribution in [3.05, 3.63) is 6.92 Å². The Labute approximate surface area is 48.5 Å². The van der Waals surface area contributed by atoms with E-state index in [4.69, 9.17) is 10.8 Å². The van der Waals surface area contributed by atoms with Gasteiger partial charge in [-0.15, -0.1) is 0 Å². The molecule has 0 saturated heterocycles. The minimum atomic E-state index is -0.950. The molecule has 3 N–H and O–H groups in total. The number of carboxylic acid groups (broad SMARTS) is 1. The lowest BCUT2D eigenvalue weighted by Gasteiger charge is -2.00. The molecule has 0 aliphatic rings. The molecule has 47 valence electrons. The number of rotatable bonds is 3. The second kappa shape index (κ2) is 3.43. The molecule has 3 heteroatoms. The third kappa shape index (κ3) is 2.58. The van der Waals surface area contributed by atoms with Crippen LogP contribution in [-0.4, -0.2) is 17.1 Å². The van der Waals surface area contributed by atoms with E-state index >= 15 is 0 Å². The summed E-state index contributed by atoms with van der Waals surface area (Å²) >= 11 is 0. The molecule has 1 radical (unpaired) electrons. The maximum Gasteiger partial charge on any atom is 0.320 e. The molecule has 0 aromatic heterocycles. The van der Waals surface area contributed by atoms with Crippen molar-refractivity contribution in [2.75, 3.05) is 0 Å². The summed E-state index contributed by atoms with van der Waals surface area (Å²) in [4.78, 5) is 9.94. The van der Waals surface area contributed by atoms with Gasteiger partial charge in [0.15, 0.2) is 0 Å². The molecule has 0 aromatic carbocycles. The molecule has 0 aromatic rings. The summed E-state index contributed by atoms with van der Waals surface area (Å²) in [5.74, 6) is -0.950. The van der Waals surface area contributed by atoms with Crippen molar-refractivity contribution >= 4 is 5.97 Å². The largest absolute Gasteiger partial charge is 0.480 e. The van der Waals surface area contributed by atoms with E-state index < -0.39 is 12.0 Å². The monoisotopic (exact) mass is 116 g/mol. The van der Waals surface area contributed by atoms with Gasteiger partial charge in [0.25, 0.3) is 0 Å². The fraction of sp³-hybridized carbons (Fsp3) is 0.600. The molecule has 1 atom stereocenters. The van der Waals surface area contributed by atoms with Crippen LogP contribution in [0.25, 0.3) is 0 Å². The third-order valence-corrected chi connectivity index (χ3v) is 0.832. The highest BCUT2D eigenvalue weighted by Crippen LogP contribution is 1.90. The van der Waals surface area contributed by atoms with Crippen LogP contribution in [0.1, 0.15) is 12.8 Å². The molecule has 0 spiro atoms. The maximum atomic E-state index is 9.94. The minimum absolute atomic E-state index is 0.454. The van der Waals surface area contributed by atoms with Crippen LogP contribution in [0.15, 0.2) is 0 Å². The molecule has 0 saturated carbocycles. The molecule has 8 heavy (non-hydrogen) atoms. The van der Waals surface area contributed by atoms with E-state index in [0.717, 1.165) is 0 Å². The normalized spacial score (nSPS) is 13.2. The Bertz CT molecular complexity index is 82.5. The van der Waals surface area contributed by atoms with Gasteiger partial charge >= 0.3 is 5.97 Å². The van der Waals surface area contributed by atoms with E-state index in [1.54, 1.807) is 0 Å². The SMILES string of the molecule is [CH2]CCC(N)C(=O)O. The predicted octanol–water partition coefficient (Wildman–Crippen LogP) is 0.0126. The van der Waals surface area contributed by atoms with Crippen LogP contribution in [0.4, 0.5) is 0 Å². The number of nitrogens with two attached hydrogens (primary N) is 1. The average molecular weight is 116 g/mol. The predicted molar refractivity (Wildman–Crippen MR) is 30.2 cm³/mol. The van der Waals surface area contributed by atoms with Crippen LogP contribution in [0.5, 0.6) is 0 Å². The first kappa shape index (κ1) is 7.43. The molecule has 0 amide bonds. The fourth-order valence-corrected chi connectivity index (χ4v) is 0.343. The first-order chi connectivity index (χ1) is 3.68. The van der Waals surface area contributed by atoms with Crippen molar-refractivity contribution in [1.82, 2.24) is 0 Å². The summed E-state index contributed by atoms with van der Waals surface area (Å²) in [7, 11) is 0. The van der Waals surface area contributed by atoms with Gasteiger partial charge in [0.2, 0.25) is 0 Å². The molecule has 0 bridgehead atoms. The lowest BCUT2D eigenvalue weighted by atomic mass is 10.2. The van der Waals surface area contributed by atoms with E-state index in [0.29, 0.717) is 12.8 Å². The Balaban J connectivity index is 3.32. The highest BCUT2D eigenvalue weighted by Gasteiger charge is 2.07. The number of carboxylic acids is 1. The highest BCUT2D eigenvalue weighted by molar-refractivity contribution is 5.72. The Kier molecular flexibility index (Phi) is 3.19. The smallest absolute Gasteiger partial charge is 0.320 e. The molecule has 0 heterocycles. The number of aliphatic carboxylic acids is 1. The van der Waals surface area contributed by atoms with Gasteiger partial charge in [-0.1, -0.05) is 13.3 Å². The van der Waals surface area contributed by atoms with Crippen LogP contribution in [0, 0.1) is 6.92 Å². The quantitative estimate of drug-likeness (QED) is 0.546. The molecule has 3 nitrogen and oxygen atoms in total. The van der Waals surface area contributed by atoms with Crippen molar-refractivity contribution in [2.24, 2.45) is 5.73 Å². The van der Waals surface area contributed by atoms with Crippen LogP contribution < -0.4 is 5.73 Å². The molecule has 0 rings (SSSR count). The van der Waals surface area contributed by atoms with Crippen LogP contribution in [0.3, 0.4) is 0 Å². The second-order valence-corrected chi connectivity index (χ2v) is 1.59. The first-order valence-electron chi connectivity index (χ1n) is 2.46. The number of carbonyl (C=O) groups is 1. The Hall–Kier alpha value is -0.570. The van der Waals surface area contributed by atoms with E-state index in [1.165, 1.54) is 0 Å². The Morgan fingerprint density at radius 3 is 2.50 bits per heavy atom. The maximum absolute atomic E-state index is 9.94. The average Bonchev–Trinajstić information content (AvgIpc) is 1.67. The molecular weight excluding hydrogens is 106 g/mol. The zero-order chi connectivity index (χ0) is 6.57. The van der Waals surface area contributed by atoms with Gasteiger partial charge in [0.1, 0.15) is 6.04 Å². The van der Waals surface area contributed by atoms with Crippen molar-refractivity contribution < 1.29 is 9.90 Å². The zero-order valence-corrected chi connectivity index (χ0v) is 4.63. The standard InChI is InChI=1S/C5H10NO2/c1-2-3-4(6)5(7)8/h4H,1-3,6H2,(H,7,8). The summed E-state index contributed by atoms with van der Waals surface area (Å²) in [6.45, 7) is 3.46. The molecule has 0 aliphatic heterocycles. The van der Waals surface area contributed by atoms with Gasteiger partial charge < -0.3 is 10.8 Å². The van der Waals surface area contributed by atoms with Gasteiger partial charge in [-0.3, -0.25) is 4.79 Å². The zero-order valence-electron chi connectivity index (χ0n) is 4.63. The lowest BCUT2D eigenvalue weighted by molar-refractivity contribution is -0.138. The van der Waals surface area contributed by atoms with E-state index in [2.05, 4.69) is 6.92 Å². The van der Waals surface area contributed by atoms with Crippen molar-refractivity contribution in [2.45, 2.75) is 18.9 Å². The Morgan fingerprint density at radius 2 is 2.38 bits per heavy atom. The fourth-order valence-electron chi connectivity index (χ4n) is 0.343. The van der Waals surface area contributed by atoms with Gasteiger partial charge in [0, 0.05) is 0 Å². The van der Waals surface area contributed by atoms with Crippen LogP contribution in [-0.2, 0) is 4.79 Å². The molecule has 1 unspecified atom stereocenters. The summed E-state index contributed by atoms with van der Waals surface area (Å²) in [5.41, 5.74) is 5.09. The van der Waals surface area contributed by atoms with Gasteiger partial charge in [-0.25, -0.2) is 0 Å². The minimum Gasteiger partial charge on any atom is -0.480 e. The summed E-state index contributed by atoms with van der Waals surface area (Å²) in [6.07, 6.45) is 1.03. The second-order valence-electron chi connectivity index (χ2n) is 1.59. The van der Waals surface area contributed by atoms with Crippen molar-refractivity contribution in [3.8, 4) is 0 Å². The van der Waals surface area contributed by atoms with Crippen LogP contribution in [0.2, 0.25) is 0 Å². The van der Waals surface area contributed by atoms with E-state index in [9.17, 15) is 4.79 Å². The molecular formula is C5H10NO2. The van der Waals surface area contributed by atoms with Gasteiger partial charge in [-0.2, -0.15) is 0 Å². The molecule has 0 fully saturated rings. The van der Waals surface area contributed by atoms with Gasteiger partial charge in [0.05, 0.1) is 0 Å². The topological polar surface area (TPSA) is 63.3 Å². The molecule has 0 aliphatic carbocycles.